The van der Waals surface area contributed by atoms with Gasteiger partial charge in [0.25, 0.3) is 0 Å². The van der Waals surface area contributed by atoms with E-state index in [2.05, 4.69) is 4.90 Å². The summed E-state index contributed by atoms with van der Waals surface area (Å²) in [5, 5.41) is 0. The zero-order valence-electron chi connectivity index (χ0n) is 10.6. The van der Waals surface area contributed by atoms with Gasteiger partial charge >= 0.3 is 6.18 Å². The van der Waals surface area contributed by atoms with Crippen molar-refractivity contribution in [2.45, 2.75) is 25.4 Å². The van der Waals surface area contributed by atoms with Gasteiger partial charge < -0.3 is 10.6 Å². The maximum absolute atomic E-state index is 12.6. The van der Waals surface area contributed by atoms with Crippen LogP contribution in [-0.2, 0) is 6.18 Å². The summed E-state index contributed by atoms with van der Waals surface area (Å²) in [4.78, 5) is 2.14. The van der Waals surface area contributed by atoms with E-state index in [1.165, 1.54) is 25.3 Å². The van der Waals surface area contributed by atoms with Gasteiger partial charge in [0.05, 0.1) is 16.9 Å². The molecule has 0 amide bonds. The monoisotopic (exact) mass is 270 g/mol. The third-order valence-corrected chi connectivity index (χ3v) is 4.42. The van der Waals surface area contributed by atoms with Crippen LogP contribution in [0.5, 0.6) is 0 Å². The van der Waals surface area contributed by atoms with E-state index in [1.54, 1.807) is 0 Å². The normalized spacial score (nSPS) is 26.8. The van der Waals surface area contributed by atoms with Crippen LogP contribution in [-0.4, -0.2) is 13.1 Å². The molecule has 1 aromatic rings. The van der Waals surface area contributed by atoms with Crippen LogP contribution in [0.1, 0.15) is 24.8 Å². The molecule has 2 N–H and O–H groups in total. The molecule has 1 saturated carbocycles. The lowest BCUT2D eigenvalue weighted by Crippen LogP contribution is -2.22. The Hall–Kier alpha value is -1.39. The Bertz CT molecular complexity index is 472. The third kappa shape index (κ3) is 2.26. The molecule has 1 aliphatic heterocycles. The molecule has 1 aliphatic carbocycles. The minimum Gasteiger partial charge on any atom is -0.397 e. The first-order valence-corrected chi connectivity index (χ1v) is 6.67. The summed E-state index contributed by atoms with van der Waals surface area (Å²) in [6.45, 7) is 1.86. The highest BCUT2D eigenvalue weighted by atomic mass is 19.4. The maximum atomic E-state index is 12.6. The number of nitrogen functional groups attached to an aromatic ring is 1. The number of benzene rings is 1. The van der Waals surface area contributed by atoms with Crippen molar-refractivity contribution in [2.24, 2.45) is 11.8 Å². The quantitative estimate of drug-likeness (QED) is 0.791. The highest BCUT2D eigenvalue weighted by molar-refractivity contribution is 5.69. The number of anilines is 2. The van der Waals surface area contributed by atoms with Gasteiger partial charge in [-0.05, 0) is 42.9 Å². The van der Waals surface area contributed by atoms with E-state index in [9.17, 15) is 13.2 Å². The van der Waals surface area contributed by atoms with Gasteiger partial charge in [-0.15, -0.1) is 0 Å². The summed E-state index contributed by atoms with van der Waals surface area (Å²) < 4.78 is 37.8. The molecule has 2 aliphatic rings. The van der Waals surface area contributed by atoms with E-state index in [0.717, 1.165) is 30.9 Å². The lowest BCUT2D eigenvalue weighted by molar-refractivity contribution is -0.137. The van der Waals surface area contributed by atoms with Crippen LogP contribution in [0.25, 0.3) is 0 Å². The van der Waals surface area contributed by atoms with Crippen LogP contribution in [0.15, 0.2) is 18.2 Å². The van der Waals surface area contributed by atoms with Gasteiger partial charge in [0, 0.05) is 13.1 Å². The molecule has 5 heteroatoms. The predicted octanol–water partition coefficient (Wildman–Crippen LogP) is 3.52. The van der Waals surface area contributed by atoms with Crippen LogP contribution in [0, 0.1) is 11.8 Å². The van der Waals surface area contributed by atoms with Crippen molar-refractivity contribution in [2.75, 3.05) is 23.7 Å². The van der Waals surface area contributed by atoms with Crippen molar-refractivity contribution >= 4 is 11.4 Å². The van der Waals surface area contributed by atoms with E-state index in [1.807, 2.05) is 0 Å². The molecule has 0 aromatic heterocycles. The fraction of sp³-hybridized carbons (Fsp3) is 0.571. The maximum Gasteiger partial charge on any atom is 0.416 e. The summed E-state index contributed by atoms with van der Waals surface area (Å²) in [7, 11) is 0. The Kier molecular flexibility index (Phi) is 2.87. The second-order valence-electron chi connectivity index (χ2n) is 5.63. The fourth-order valence-electron chi connectivity index (χ4n) is 3.45. The molecule has 2 unspecified atom stereocenters. The Balaban J connectivity index is 1.82. The van der Waals surface area contributed by atoms with Crippen LogP contribution in [0.2, 0.25) is 0 Å². The Morgan fingerprint density at radius 1 is 1.11 bits per heavy atom. The highest BCUT2D eigenvalue weighted by Crippen LogP contribution is 2.42. The molecule has 0 bridgehead atoms. The first-order valence-electron chi connectivity index (χ1n) is 6.67. The van der Waals surface area contributed by atoms with Crippen molar-refractivity contribution in [3.63, 3.8) is 0 Å². The number of halogens is 3. The van der Waals surface area contributed by atoms with E-state index in [0.29, 0.717) is 11.8 Å². The third-order valence-electron chi connectivity index (χ3n) is 4.42. The topological polar surface area (TPSA) is 29.3 Å². The second-order valence-corrected chi connectivity index (χ2v) is 5.63. The number of hydrogen-bond acceptors (Lipinski definition) is 2. The van der Waals surface area contributed by atoms with Gasteiger partial charge in [-0.1, -0.05) is 6.42 Å². The molecule has 2 fully saturated rings. The van der Waals surface area contributed by atoms with Gasteiger partial charge in [-0.25, -0.2) is 0 Å². The van der Waals surface area contributed by atoms with E-state index in [-0.39, 0.29) is 5.69 Å². The van der Waals surface area contributed by atoms with Crippen LogP contribution < -0.4 is 10.6 Å². The van der Waals surface area contributed by atoms with Crippen molar-refractivity contribution < 1.29 is 13.2 Å². The average Bonchev–Trinajstić information content (AvgIpc) is 2.87. The molecule has 19 heavy (non-hydrogen) atoms. The molecule has 3 rings (SSSR count). The zero-order chi connectivity index (χ0) is 13.6. The molecule has 1 saturated heterocycles. The molecule has 2 nitrogen and oxygen atoms in total. The van der Waals surface area contributed by atoms with Crippen molar-refractivity contribution in [1.82, 2.24) is 0 Å². The first-order chi connectivity index (χ1) is 8.95. The number of nitrogens with zero attached hydrogens (tertiary/aromatic N) is 1. The number of hydrogen-bond donors (Lipinski definition) is 1. The summed E-state index contributed by atoms with van der Waals surface area (Å²) in [5.41, 5.74) is 6.12. The molecular weight excluding hydrogens is 253 g/mol. The molecule has 104 valence electrons. The second kappa shape index (κ2) is 4.32. The van der Waals surface area contributed by atoms with E-state index >= 15 is 0 Å². The van der Waals surface area contributed by atoms with E-state index in [4.69, 9.17) is 5.73 Å². The SMILES string of the molecule is Nc1cc(C(F)(F)F)ccc1N1CC2CCCC2C1. The van der Waals surface area contributed by atoms with Gasteiger partial charge in [0.1, 0.15) is 0 Å². The summed E-state index contributed by atoms with van der Waals surface area (Å²) >= 11 is 0. The predicted molar refractivity (Wildman–Crippen MR) is 68.9 cm³/mol. The molecule has 0 radical (unpaired) electrons. The van der Waals surface area contributed by atoms with Crippen molar-refractivity contribution in [3.05, 3.63) is 23.8 Å². The molecule has 1 heterocycles. The molecule has 0 spiro atoms. The number of nitrogens with two attached hydrogens (primary N) is 1. The molecule has 2 atom stereocenters. The van der Waals surface area contributed by atoms with E-state index < -0.39 is 11.7 Å². The van der Waals surface area contributed by atoms with Crippen molar-refractivity contribution in [3.8, 4) is 0 Å². The van der Waals surface area contributed by atoms with Crippen LogP contribution in [0.4, 0.5) is 24.5 Å². The fourth-order valence-corrected chi connectivity index (χ4v) is 3.45. The lowest BCUT2D eigenvalue weighted by Gasteiger charge is -2.22. The Morgan fingerprint density at radius 2 is 1.74 bits per heavy atom. The van der Waals surface area contributed by atoms with Gasteiger partial charge in [-0.3, -0.25) is 0 Å². The number of alkyl halides is 3. The van der Waals surface area contributed by atoms with Crippen LogP contribution >= 0.6 is 0 Å². The minimum atomic E-state index is -4.33. The zero-order valence-corrected chi connectivity index (χ0v) is 10.6. The standard InChI is InChI=1S/C14H17F3N2/c15-14(16,17)11-4-5-13(12(18)6-11)19-7-9-2-1-3-10(9)8-19/h4-6,9-10H,1-3,7-8,18H2. The Morgan fingerprint density at radius 3 is 2.26 bits per heavy atom. The smallest absolute Gasteiger partial charge is 0.397 e. The largest absolute Gasteiger partial charge is 0.416 e. The van der Waals surface area contributed by atoms with Gasteiger partial charge in [-0.2, -0.15) is 13.2 Å². The average molecular weight is 270 g/mol. The first kappa shape index (κ1) is 12.6. The van der Waals surface area contributed by atoms with Gasteiger partial charge in [0.15, 0.2) is 0 Å². The van der Waals surface area contributed by atoms with Crippen LogP contribution in [0.3, 0.4) is 0 Å². The molecular formula is C14H17F3N2. The minimum absolute atomic E-state index is 0.231. The summed E-state index contributed by atoms with van der Waals surface area (Å²) in [6, 6.07) is 3.68. The number of rotatable bonds is 1. The lowest BCUT2D eigenvalue weighted by atomic mass is 10.0. The van der Waals surface area contributed by atoms with Gasteiger partial charge in [0.2, 0.25) is 0 Å². The molecule has 1 aromatic carbocycles. The summed E-state index contributed by atoms with van der Waals surface area (Å²) in [5.74, 6) is 1.39. The number of fused-ring (bicyclic) bond motifs is 1. The highest BCUT2D eigenvalue weighted by Gasteiger charge is 2.37. The Labute approximate surface area is 110 Å². The summed E-state index contributed by atoms with van der Waals surface area (Å²) in [6.07, 6.45) is -0.566. The van der Waals surface area contributed by atoms with Crippen molar-refractivity contribution in [1.29, 1.82) is 0 Å².